The smallest absolute Gasteiger partial charge is 0.305 e. The molecule has 10 radical (unpaired) electrons. The average Bonchev–Trinajstić information content (AvgIpc) is 3.04. The third-order valence-corrected chi connectivity index (χ3v) is 4.15. The Balaban J connectivity index is 0.000000507. The maximum absolute atomic E-state index is 2.32. The quantitative estimate of drug-likeness (QED) is 0.707. The number of thioether (sulfide) groups is 1. The van der Waals surface area contributed by atoms with E-state index in [9.17, 15) is 0 Å². The van der Waals surface area contributed by atoms with Crippen LogP contribution >= 0.6 is 11.8 Å². The molecular formula is C17H25FeNS+2. The Kier molecular flexibility index (Phi) is 12.9. The largest absolute Gasteiger partial charge is 2.00 e. The Bertz CT molecular complexity index is 195. The van der Waals surface area contributed by atoms with Gasteiger partial charge < -0.3 is 4.90 Å². The Morgan fingerprint density at radius 3 is 1.70 bits per heavy atom. The Labute approximate surface area is 142 Å². The second-order valence-electron chi connectivity index (χ2n) is 5.17. The molecule has 0 saturated heterocycles. The zero-order chi connectivity index (χ0) is 14.1. The van der Waals surface area contributed by atoms with Gasteiger partial charge in [-0.3, -0.25) is 0 Å². The monoisotopic (exact) mass is 331 g/mol. The predicted octanol–water partition coefficient (Wildman–Crippen LogP) is 3.69. The van der Waals surface area contributed by atoms with Gasteiger partial charge in [0, 0.05) is 17.0 Å². The fourth-order valence-electron chi connectivity index (χ4n) is 1.89. The van der Waals surface area contributed by atoms with E-state index in [0.717, 1.165) is 0 Å². The van der Waals surface area contributed by atoms with Crippen molar-refractivity contribution in [2.24, 2.45) is 5.92 Å². The van der Waals surface area contributed by atoms with Gasteiger partial charge in [-0.05, 0) is 77.8 Å². The van der Waals surface area contributed by atoms with Crippen LogP contribution in [-0.2, 0) is 17.1 Å². The van der Waals surface area contributed by atoms with E-state index in [1.165, 1.54) is 11.0 Å². The topological polar surface area (TPSA) is 3.24 Å². The predicted molar refractivity (Wildman–Crippen MR) is 86.7 cm³/mol. The Hall–Kier alpha value is 0.829. The molecule has 0 aliphatic heterocycles. The maximum Gasteiger partial charge on any atom is 2.00 e. The van der Waals surface area contributed by atoms with Gasteiger partial charge in [-0.15, -0.1) is 0 Å². The SMILES string of the molecule is CC(C)[C@@H](CS[C]1[CH][CH][CH][CH]1)N(C)C.[CH]1[CH][CH][CH][CH]1.[Fe+2]. The van der Waals surface area contributed by atoms with Crippen LogP contribution in [0.4, 0.5) is 0 Å². The molecule has 2 aliphatic carbocycles. The maximum atomic E-state index is 2.32. The number of hydrogen-bond acceptors (Lipinski definition) is 2. The fourth-order valence-corrected chi connectivity index (χ4v) is 3.29. The third-order valence-electron chi connectivity index (χ3n) is 3.04. The van der Waals surface area contributed by atoms with E-state index in [1.807, 2.05) is 43.9 Å². The molecule has 1 atom stereocenters. The molecule has 20 heavy (non-hydrogen) atoms. The molecule has 3 heteroatoms. The van der Waals surface area contributed by atoms with Crippen LogP contribution in [0.5, 0.6) is 0 Å². The molecule has 0 aromatic carbocycles. The summed E-state index contributed by atoms with van der Waals surface area (Å²) in [5.41, 5.74) is 0. The van der Waals surface area contributed by atoms with Crippen molar-refractivity contribution in [2.75, 3.05) is 19.8 Å². The summed E-state index contributed by atoms with van der Waals surface area (Å²) >= 11 is 1.95. The van der Waals surface area contributed by atoms with Gasteiger partial charge in [-0.1, -0.05) is 13.8 Å². The van der Waals surface area contributed by atoms with Crippen LogP contribution in [-0.4, -0.2) is 30.8 Å². The first-order chi connectivity index (χ1) is 9.11. The minimum Gasteiger partial charge on any atom is -0.305 e. The van der Waals surface area contributed by atoms with Gasteiger partial charge in [0.1, 0.15) is 0 Å². The molecular weight excluding hydrogens is 306 g/mol. The molecule has 2 saturated carbocycles. The molecule has 0 amide bonds. The molecule has 2 aliphatic rings. The van der Waals surface area contributed by atoms with Crippen molar-refractivity contribution in [3.63, 3.8) is 0 Å². The fraction of sp³-hybridized carbons (Fsp3) is 0.412. The van der Waals surface area contributed by atoms with E-state index in [0.29, 0.717) is 12.0 Å². The number of hydrogen-bond donors (Lipinski definition) is 0. The summed E-state index contributed by atoms with van der Waals surface area (Å²) in [7, 11) is 4.33. The van der Waals surface area contributed by atoms with Crippen LogP contribution in [0.2, 0.25) is 0 Å². The summed E-state index contributed by atoms with van der Waals surface area (Å²) in [6.45, 7) is 4.58. The molecule has 0 aromatic rings. The van der Waals surface area contributed by atoms with Crippen LogP contribution in [0, 0.1) is 69.0 Å². The minimum absolute atomic E-state index is 0. The second-order valence-corrected chi connectivity index (χ2v) is 6.26. The third kappa shape index (κ3) is 8.97. The van der Waals surface area contributed by atoms with Crippen LogP contribution in [0.1, 0.15) is 13.8 Å². The van der Waals surface area contributed by atoms with E-state index in [4.69, 9.17) is 0 Å². The van der Waals surface area contributed by atoms with Crippen LogP contribution in [0.15, 0.2) is 0 Å². The van der Waals surface area contributed by atoms with Crippen molar-refractivity contribution < 1.29 is 17.1 Å². The summed E-state index contributed by atoms with van der Waals surface area (Å²) in [5, 5.41) is 1.39. The molecule has 2 fully saturated rings. The minimum atomic E-state index is 0. The number of nitrogens with zero attached hydrogens (tertiary/aromatic N) is 1. The standard InChI is InChI=1S/C12H20NS.C5H5.Fe/c1-10(2)12(13(3)4)9-14-11-7-5-6-8-11;1-2-4-5-3-1;/h5-8,10,12H,9H2,1-4H3;1-5H;/q;;+2/t12-;;/m1../s1. The number of rotatable bonds is 5. The first-order valence-corrected chi connectivity index (χ1v) is 7.77. The molecule has 0 heterocycles. The van der Waals surface area contributed by atoms with Crippen molar-refractivity contribution in [2.45, 2.75) is 19.9 Å². The molecule has 0 N–H and O–H groups in total. The van der Waals surface area contributed by atoms with Crippen LogP contribution in [0.3, 0.4) is 0 Å². The Morgan fingerprint density at radius 2 is 1.35 bits per heavy atom. The molecule has 0 aromatic heterocycles. The van der Waals surface area contributed by atoms with Gasteiger partial charge in [-0.2, -0.15) is 11.8 Å². The zero-order valence-electron chi connectivity index (χ0n) is 12.8. The first kappa shape index (κ1) is 20.8. The van der Waals surface area contributed by atoms with Gasteiger partial charge in [0.25, 0.3) is 0 Å². The van der Waals surface area contributed by atoms with Crippen molar-refractivity contribution in [1.29, 1.82) is 0 Å². The van der Waals surface area contributed by atoms with Crippen LogP contribution in [0.25, 0.3) is 0 Å². The van der Waals surface area contributed by atoms with E-state index in [1.54, 1.807) is 0 Å². The zero-order valence-corrected chi connectivity index (χ0v) is 14.7. The summed E-state index contributed by atoms with van der Waals surface area (Å²) in [6, 6.07) is 0.662. The van der Waals surface area contributed by atoms with Crippen molar-refractivity contribution >= 4 is 11.8 Å². The van der Waals surface area contributed by atoms with Gasteiger partial charge >= 0.3 is 17.1 Å². The van der Waals surface area contributed by atoms with Crippen molar-refractivity contribution in [3.8, 4) is 0 Å². The summed E-state index contributed by atoms with van der Waals surface area (Å²) in [6.07, 6.45) is 18.6. The van der Waals surface area contributed by atoms with E-state index >= 15 is 0 Å². The van der Waals surface area contributed by atoms with Gasteiger partial charge in [0.2, 0.25) is 0 Å². The molecule has 0 spiro atoms. The second kappa shape index (κ2) is 12.4. The average molecular weight is 331 g/mol. The van der Waals surface area contributed by atoms with Gasteiger partial charge in [0.15, 0.2) is 0 Å². The van der Waals surface area contributed by atoms with Gasteiger partial charge in [-0.25, -0.2) is 0 Å². The van der Waals surface area contributed by atoms with E-state index in [2.05, 4.69) is 58.5 Å². The summed E-state index contributed by atoms with van der Waals surface area (Å²) in [5.74, 6) is 1.89. The van der Waals surface area contributed by atoms with E-state index in [-0.39, 0.29) is 17.1 Å². The van der Waals surface area contributed by atoms with Crippen LogP contribution < -0.4 is 0 Å². The summed E-state index contributed by atoms with van der Waals surface area (Å²) in [4.78, 5) is 2.32. The van der Waals surface area contributed by atoms with Gasteiger partial charge in [0.05, 0.1) is 0 Å². The van der Waals surface area contributed by atoms with Crippen molar-refractivity contribution in [3.05, 3.63) is 63.0 Å². The molecule has 110 valence electrons. The Morgan fingerprint density at radius 1 is 0.900 bits per heavy atom. The normalized spacial score (nSPS) is 20.7. The molecule has 0 bridgehead atoms. The molecule has 1 nitrogen and oxygen atoms in total. The van der Waals surface area contributed by atoms with Crippen molar-refractivity contribution in [1.82, 2.24) is 4.90 Å². The van der Waals surface area contributed by atoms with E-state index < -0.39 is 0 Å². The first-order valence-electron chi connectivity index (χ1n) is 6.79. The molecule has 2 rings (SSSR count). The summed E-state index contributed by atoms with van der Waals surface area (Å²) < 4.78 is 0. The molecule has 0 unspecified atom stereocenters.